The van der Waals surface area contributed by atoms with Gasteiger partial charge in [0, 0.05) is 55.1 Å². The second kappa shape index (κ2) is 12.5. The lowest BCUT2D eigenvalue weighted by atomic mass is 10.1. The van der Waals surface area contributed by atoms with Gasteiger partial charge >= 0.3 is 0 Å². The average Bonchev–Trinajstić information content (AvgIpc) is 3.21. The van der Waals surface area contributed by atoms with Crippen LogP contribution in [0.1, 0.15) is 43.7 Å². The maximum Gasteiger partial charge on any atom is 0.191 e. The van der Waals surface area contributed by atoms with Crippen molar-refractivity contribution >= 4 is 47.2 Å². The zero-order valence-electron chi connectivity index (χ0n) is 18.8. The molecule has 0 aliphatic carbocycles. The highest BCUT2D eigenvalue weighted by atomic mass is 127. The minimum atomic E-state index is 0. The Morgan fingerprint density at radius 3 is 2.61 bits per heavy atom. The van der Waals surface area contributed by atoms with Crippen LogP contribution in [-0.2, 0) is 13.1 Å². The molecule has 0 radical (unpaired) electrons. The minimum Gasteiger partial charge on any atom is -0.369 e. The van der Waals surface area contributed by atoms with Crippen LogP contribution >= 0.6 is 35.6 Å². The summed E-state index contributed by atoms with van der Waals surface area (Å²) in [4.78, 5) is 9.53. The molecule has 0 bridgehead atoms. The van der Waals surface area contributed by atoms with Gasteiger partial charge in [-0.3, -0.25) is 0 Å². The lowest BCUT2D eigenvalue weighted by Gasteiger charge is -2.35. The number of rotatable bonds is 7. The summed E-state index contributed by atoms with van der Waals surface area (Å²) in [6.45, 7) is 12.1. The van der Waals surface area contributed by atoms with Gasteiger partial charge in [0.25, 0.3) is 0 Å². The summed E-state index contributed by atoms with van der Waals surface area (Å²) in [6.07, 6.45) is 0. The lowest BCUT2D eigenvalue weighted by molar-refractivity contribution is 0.312. The standard InChI is InChI=1S/C22H33ClN6O.HI/c1-5-24-22(25-14-17-13-20(16(2)3)27-30-17)26-15-18-19(23)7-6-8-21(18)29-11-9-28(4)10-12-29;/h6-8,13,16H,5,9-12,14-15H2,1-4H3,(H2,24,25,26);1H. The van der Waals surface area contributed by atoms with E-state index in [1.807, 2.05) is 25.1 Å². The van der Waals surface area contributed by atoms with E-state index in [1.54, 1.807) is 0 Å². The van der Waals surface area contributed by atoms with Gasteiger partial charge in [-0.25, -0.2) is 4.99 Å². The van der Waals surface area contributed by atoms with Crippen LogP contribution in [-0.4, -0.2) is 55.8 Å². The SMILES string of the molecule is CCNC(=NCc1c(Cl)cccc1N1CCN(C)CC1)NCc1cc(C(C)C)no1.I. The monoisotopic (exact) mass is 560 g/mol. The number of nitrogens with one attached hydrogen (secondary N) is 2. The topological polar surface area (TPSA) is 68.9 Å². The summed E-state index contributed by atoms with van der Waals surface area (Å²) in [5.41, 5.74) is 3.19. The van der Waals surface area contributed by atoms with E-state index < -0.39 is 0 Å². The summed E-state index contributed by atoms with van der Waals surface area (Å²) in [5, 5.41) is 11.5. The molecular formula is C22H34ClIN6O. The first kappa shape index (κ1) is 25.7. The molecule has 7 nitrogen and oxygen atoms in total. The first-order chi connectivity index (χ1) is 14.5. The fourth-order valence-electron chi connectivity index (χ4n) is 3.40. The van der Waals surface area contributed by atoms with Crippen LogP contribution in [0, 0.1) is 0 Å². The van der Waals surface area contributed by atoms with Gasteiger partial charge in [-0.1, -0.05) is 36.7 Å². The van der Waals surface area contributed by atoms with Crippen molar-refractivity contribution in [3.05, 3.63) is 46.3 Å². The largest absolute Gasteiger partial charge is 0.369 e. The van der Waals surface area contributed by atoms with Crippen molar-refractivity contribution in [1.82, 2.24) is 20.7 Å². The smallest absolute Gasteiger partial charge is 0.191 e. The van der Waals surface area contributed by atoms with Gasteiger partial charge in [0.1, 0.15) is 0 Å². The lowest BCUT2D eigenvalue weighted by Crippen LogP contribution is -2.44. The fourth-order valence-corrected chi connectivity index (χ4v) is 3.63. The summed E-state index contributed by atoms with van der Waals surface area (Å²) in [7, 11) is 2.16. The molecule has 1 saturated heterocycles. The Labute approximate surface area is 207 Å². The summed E-state index contributed by atoms with van der Waals surface area (Å²) in [5.74, 6) is 1.86. The molecule has 0 amide bonds. The molecule has 2 aromatic rings. The molecule has 1 fully saturated rings. The third-order valence-electron chi connectivity index (χ3n) is 5.28. The van der Waals surface area contributed by atoms with Crippen LogP contribution in [0.15, 0.2) is 33.8 Å². The van der Waals surface area contributed by atoms with Gasteiger partial charge < -0.3 is 25.0 Å². The van der Waals surface area contributed by atoms with E-state index in [9.17, 15) is 0 Å². The normalized spacial score (nSPS) is 15.2. The van der Waals surface area contributed by atoms with E-state index in [2.05, 4.69) is 52.6 Å². The Hall–Kier alpha value is -1.52. The molecular weight excluding hydrogens is 527 g/mol. The second-order valence-electron chi connectivity index (χ2n) is 7.95. The van der Waals surface area contributed by atoms with Gasteiger partial charge in [0.2, 0.25) is 0 Å². The molecule has 2 heterocycles. The molecule has 0 unspecified atom stereocenters. The van der Waals surface area contributed by atoms with Crippen LogP contribution in [0.4, 0.5) is 5.69 Å². The van der Waals surface area contributed by atoms with Crippen molar-refractivity contribution in [2.24, 2.45) is 4.99 Å². The minimum absolute atomic E-state index is 0. The number of aliphatic imine (C=N–C) groups is 1. The first-order valence-electron chi connectivity index (χ1n) is 10.7. The molecule has 0 spiro atoms. The molecule has 3 rings (SSSR count). The number of nitrogens with zero attached hydrogens (tertiary/aromatic N) is 4. The number of anilines is 1. The molecule has 1 aromatic carbocycles. The number of hydrogen-bond donors (Lipinski definition) is 2. The van der Waals surface area contributed by atoms with Crippen molar-refractivity contribution in [2.45, 2.75) is 39.8 Å². The quantitative estimate of drug-likeness (QED) is 0.302. The Kier molecular flexibility index (Phi) is 10.4. The Bertz CT molecular complexity index is 848. The van der Waals surface area contributed by atoms with Crippen molar-refractivity contribution in [3.63, 3.8) is 0 Å². The van der Waals surface area contributed by atoms with Crippen molar-refractivity contribution in [3.8, 4) is 0 Å². The molecule has 172 valence electrons. The van der Waals surface area contributed by atoms with Crippen LogP contribution in [0.25, 0.3) is 0 Å². The maximum atomic E-state index is 6.57. The predicted molar refractivity (Wildman–Crippen MR) is 139 cm³/mol. The van der Waals surface area contributed by atoms with Crippen molar-refractivity contribution < 1.29 is 4.52 Å². The zero-order chi connectivity index (χ0) is 21.5. The zero-order valence-corrected chi connectivity index (χ0v) is 21.9. The number of piperazine rings is 1. The van der Waals surface area contributed by atoms with E-state index in [4.69, 9.17) is 21.1 Å². The molecule has 2 N–H and O–H groups in total. The molecule has 1 aliphatic heterocycles. The Morgan fingerprint density at radius 1 is 1.23 bits per heavy atom. The third kappa shape index (κ3) is 7.25. The van der Waals surface area contributed by atoms with E-state index in [1.165, 1.54) is 5.69 Å². The number of halogens is 2. The number of benzene rings is 1. The summed E-state index contributed by atoms with van der Waals surface area (Å²) < 4.78 is 5.42. The highest BCUT2D eigenvalue weighted by Crippen LogP contribution is 2.29. The van der Waals surface area contributed by atoms with E-state index in [0.29, 0.717) is 19.0 Å². The Morgan fingerprint density at radius 2 is 1.97 bits per heavy atom. The molecule has 1 aromatic heterocycles. The highest BCUT2D eigenvalue weighted by Gasteiger charge is 2.18. The van der Waals surface area contributed by atoms with Crippen molar-refractivity contribution in [2.75, 3.05) is 44.7 Å². The number of hydrogen-bond acceptors (Lipinski definition) is 5. The molecule has 1 aliphatic rings. The van der Waals surface area contributed by atoms with Crippen LogP contribution in [0.2, 0.25) is 5.02 Å². The van der Waals surface area contributed by atoms with Crippen LogP contribution in [0.3, 0.4) is 0 Å². The average molecular weight is 561 g/mol. The molecule has 9 heteroatoms. The van der Waals surface area contributed by atoms with E-state index in [-0.39, 0.29) is 24.0 Å². The van der Waals surface area contributed by atoms with Crippen molar-refractivity contribution in [1.29, 1.82) is 0 Å². The van der Waals surface area contributed by atoms with Gasteiger partial charge in [-0.2, -0.15) is 0 Å². The summed E-state index contributed by atoms with van der Waals surface area (Å²) >= 11 is 6.57. The third-order valence-corrected chi connectivity index (χ3v) is 5.63. The van der Waals surface area contributed by atoms with Crippen LogP contribution in [0.5, 0.6) is 0 Å². The fraction of sp³-hybridized carbons (Fsp3) is 0.545. The highest BCUT2D eigenvalue weighted by molar-refractivity contribution is 14.0. The van der Waals surface area contributed by atoms with Gasteiger partial charge in [0.05, 0.1) is 18.8 Å². The summed E-state index contributed by atoms with van der Waals surface area (Å²) in [6, 6.07) is 8.09. The predicted octanol–water partition coefficient (Wildman–Crippen LogP) is 4.08. The first-order valence-corrected chi connectivity index (χ1v) is 11.0. The Balaban J connectivity index is 0.00000341. The maximum absolute atomic E-state index is 6.57. The number of aromatic nitrogens is 1. The number of guanidine groups is 1. The van der Waals surface area contributed by atoms with E-state index >= 15 is 0 Å². The molecule has 31 heavy (non-hydrogen) atoms. The van der Waals surface area contributed by atoms with Crippen LogP contribution < -0.4 is 15.5 Å². The van der Waals surface area contributed by atoms with Gasteiger partial charge in [-0.15, -0.1) is 24.0 Å². The molecule has 0 saturated carbocycles. The van der Waals surface area contributed by atoms with Gasteiger partial charge in [-0.05, 0) is 32.0 Å². The van der Waals surface area contributed by atoms with E-state index in [0.717, 1.165) is 60.7 Å². The van der Waals surface area contributed by atoms with Gasteiger partial charge in [0.15, 0.2) is 11.7 Å². The number of likely N-dealkylation sites (N-methyl/N-ethyl adjacent to an activating group) is 1. The second-order valence-corrected chi connectivity index (χ2v) is 8.36. The molecule has 0 atom stereocenters.